The fraction of sp³-hybridized carbons (Fsp3) is 0.556. The summed E-state index contributed by atoms with van der Waals surface area (Å²) in [6.45, 7) is 0.379. The molecule has 0 spiro atoms. The minimum atomic E-state index is -0.312. The van der Waals surface area contributed by atoms with Crippen LogP contribution in [0.4, 0.5) is 0 Å². The first-order valence-corrected chi connectivity index (χ1v) is 6.08. The zero-order chi connectivity index (χ0) is 14.0. The predicted octanol–water partition coefficient (Wildman–Crippen LogP) is -1.00. The number of esters is 1. The largest absolute Gasteiger partial charge is 0.469 e. The highest BCUT2D eigenvalue weighted by atomic mass is 32.2. The van der Waals surface area contributed by atoms with E-state index in [4.69, 9.17) is 16.9 Å². The number of carbonyl (C=O) groups is 2. The number of amides is 1. The number of nitrogens with one attached hydrogen (secondary N) is 2. The summed E-state index contributed by atoms with van der Waals surface area (Å²) >= 11 is 0.914. The Hall–Kier alpha value is -1.77. The summed E-state index contributed by atoms with van der Waals surface area (Å²) in [5, 5.41) is 9.75. The molecule has 0 heterocycles. The first kappa shape index (κ1) is 16.2. The number of guanidine groups is 1. The Morgan fingerprint density at radius 1 is 1.44 bits per heavy atom. The average molecular weight is 275 g/mol. The van der Waals surface area contributed by atoms with Crippen molar-refractivity contribution in [1.82, 2.24) is 5.32 Å². The molecule has 0 aliphatic heterocycles. The Morgan fingerprint density at radius 3 is 2.67 bits per heavy atom. The number of carbonyl (C=O) groups excluding carboxylic acids is 2. The van der Waals surface area contributed by atoms with E-state index in [9.17, 15) is 9.59 Å². The summed E-state index contributed by atoms with van der Waals surface area (Å²) in [6, 6.07) is 0. The van der Waals surface area contributed by atoms with E-state index in [1.165, 1.54) is 7.11 Å². The number of nitrogens with zero attached hydrogens (tertiary/aromatic N) is 1. The summed E-state index contributed by atoms with van der Waals surface area (Å²) in [5.74, 6) is -0.729. The Bertz CT molecular complexity index is 341. The van der Waals surface area contributed by atoms with Crippen LogP contribution in [0, 0.1) is 5.41 Å². The van der Waals surface area contributed by atoms with E-state index in [-0.39, 0.29) is 35.2 Å². The second-order valence-corrected chi connectivity index (χ2v) is 4.12. The average Bonchev–Trinajstić information content (AvgIpc) is 2.30. The van der Waals surface area contributed by atoms with Crippen molar-refractivity contribution in [2.45, 2.75) is 12.8 Å². The standard InChI is InChI=1S/C9H17N5O3S/c1-17-7(16)3-2-4-13-6(15)5-18-9(12)14-8(10)11/h2-5H2,1H3,(H,13,15)(H5,10,11,12,14). The van der Waals surface area contributed by atoms with Gasteiger partial charge in [-0.1, -0.05) is 11.8 Å². The van der Waals surface area contributed by atoms with Crippen molar-refractivity contribution in [3.05, 3.63) is 0 Å². The van der Waals surface area contributed by atoms with E-state index in [1.807, 2.05) is 0 Å². The SMILES string of the molecule is COC(=O)CCCNC(=O)CSC(=N)N=C(N)N. The summed E-state index contributed by atoms with van der Waals surface area (Å²) < 4.78 is 4.45. The van der Waals surface area contributed by atoms with E-state index < -0.39 is 0 Å². The first-order chi connectivity index (χ1) is 8.45. The molecule has 0 bridgehead atoms. The number of hydrogen-bond donors (Lipinski definition) is 4. The topological polar surface area (TPSA) is 144 Å². The smallest absolute Gasteiger partial charge is 0.305 e. The molecular weight excluding hydrogens is 258 g/mol. The molecule has 8 nitrogen and oxygen atoms in total. The second-order valence-electron chi connectivity index (χ2n) is 3.16. The highest BCUT2D eigenvalue weighted by Crippen LogP contribution is 2.02. The molecule has 0 aromatic rings. The zero-order valence-electron chi connectivity index (χ0n) is 10.1. The summed E-state index contributed by atoms with van der Waals surface area (Å²) in [5.41, 5.74) is 10.1. The molecule has 0 aliphatic rings. The maximum absolute atomic E-state index is 11.3. The van der Waals surface area contributed by atoms with Gasteiger partial charge in [0.05, 0.1) is 12.9 Å². The monoisotopic (exact) mass is 275 g/mol. The summed E-state index contributed by atoms with van der Waals surface area (Å²) in [6.07, 6.45) is 0.766. The van der Waals surface area contributed by atoms with Crippen LogP contribution < -0.4 is 16.8 Å². The number of nitrogens with two attached hydrogens (primary N) is 2. The number of methoxy groups -OCH3 is 1. The van der Waals surface area contributed by atoms with Crippen molar-refractivity contribution in [3.63, 3.8) is 0 Å². The number of rotatable bonds is 6. The van der Waals surface area contributed by atoms with Crippen molar-refractivity contribution in [3.8, 4) is 0 Å². The van der Waals surface area contributed by atoms with Gasteiger partial charge in [0.15, 0.2) is 11.1 Å². The third kappa shape index (κ3) is 9.46. The van der Waals surface area contributed by atoms with E-state index in [0.29, 0.717) is 13.0 Å². The number of hydrogen-bond acceptors (Lipinski definition) is 5. The van der Waals surface area contributed by atoms with Crippen molar-refractivity contribution in [1.29, 1.82) is 5.41 Å². The lowest BCUT2D eigenvalue weighted by Gasteiger charge is -2.04. The highest BCUT2D eigenvalue weighted by Gasteiger charge is 2.05. The molecular formula is C9H17N5O3S. The Kier molecular flexibility index (Phi) is 8.37. The lowest BCUT2D eigenvalue weighted by molar-refractivity contribution is -0.140. The number of aliphatic imine (C=N–C) groups is 1. The molecule has 0 fully saturated rings. The maximum atomic E-state index is 11.3. The van der Waals surface area contributed by atoms with Crippen LogP contribution in [0.25, 0.3) is 0 Å². The first-order valence-electron chi connectivity index (χ1n) is 5.10. The molecule has 0 saturated heterocycles. The minimum absolute atomic E-state index is 0.0494. The summed E-state index contributed by atoms with van der Waals surface area (Å²) in [4.78, 5) is 25.5. The quantitative estimate of drug-likeness (QED) is 0.212. The highest BCUT2D eigenvalue weighted by molar-refractivity contribution is 8.14. The van der Waals surface area contributed by atoms with Gasteiger partial charge in [0.1, 0.15) is 0 Å². The summed E-state index contributed by atoms with van der Waals surface area (Å²) in [7, 11) is 1.31. The maximum Gasteiger partial charge on any atom is 0.305 e. The van der Waals surface area contributed by atoms with Gasteiger partial charge in [-0.05, 0) is 6.42 Å². The molecule has 9 heteroatoms. The number of thioether (sulfide) groups is 1. The van der Waals surface area contributed by atoms with E-state index in [0.717, 1.165) is 11.8 Å². The van der Waals surface area contributed by atoms with Crippen molar-refractivity contribution in [2.75, 3.05) is 19.4 Å². The fourth-order valence-corrected chi connectivity index (χ4v) is 1.44. The third-order valence-electron chi connectivity index (χ3n) is 1.68. The molecule has 102 valence electrons. The molecule has 0 saturated carbocycles. The predicted molar refractivity (Wildman–Crippen MR) is 70.3 cm³/mol. The van der Waals surface area contributed by atoms with Gasteiger partial charge in [-0.15, -0.1) is 0 Å². The molecule has 0 radical (unpaired) electrons. The van der Waals surface area contributed by atoms with Crippen LogP contribution in [-0.4, -0.2) is 42.4 Å². The van der Waals surface area contributed by atoms with Crippen LogP contribution in [-0.2, 0) is 14.3 Å². The van der Waals surface area contributed by atoms with E-state index >= 15 is 0 Å². The van der Waals surface area contributed by atoms with Crippen molar-refractivity contribution >= 4 is 34.8 Å². The Morgan fingerprint density at radius 2 is 2.11 bits per heavy atom. The van der Waals surface area contributed by atoms with Gasteiger partial charge in [-0.2, -0.15) is 4.99 Å². The molecule has 0 rings (SSSR count). The van der Waals surface area contributed by atoms with E-state index in [2.05, 4.69) is 15.0 Å². The van der Waals surface area contributed by atoms with Crippen LogP contribution in [0.5, 0.6) is 0 Å². The van der Waals surface area contributed by atoms with Gasteiger partial charge in [0.2, 0.25) is 5.91 Å². The lowest BCUT2D eigenvalue weighted by Crippen LogP contribution is -2.27. The molecule has 0 aromatic carbocycles. The lowest BCUT2D eigenvalue weighted by atomic mass is 10.3. The van der Waals surface area contributed by atoms with Gasteiger partial charge >= 0.3 is 5.97 Å². The van der Waals surface area contributed by atoms with Crippen LogP contribution in [0.3, 0.4) is 0 Å². The molecule has 0 atom stereocenters. The van der Waals surface area contributed by atoms with Gasteiger partial charge in [0, 0.05) is 13.0 Å². The fourth-order valence-electron chi connectivity index (χ4n) is 0.897. The second kappa shape index (κ2) is 9.28. The Balaban J connectivity index is 3.64. The van der Waals surface area contributed by atoms with Crippen LogP contribution in [0.2, 0.25) is 0 Å². The normalized spacial score (nSPS) is 9.39. The molecule has 18 heavy (non-hydrogen) atoms. The van der Waals surface area contributed by atoms with Gasteiger partial charge in [-0.3, -0.25) is 15.0 Å². The van der Waals surface area contributed by atoms with Gasteiger partial charge < -0.3 is 21.5 Å². The molecule has 0 aliphatic carbocycles. The van der Waals surface area contributed by atoms with Gasteiger partial charge in [-0.25, -0.2) is 0 Å². The molecule has 1 amide bonds. The van der Waals surface area contributed by atoms with Crippen LogP contribution in [0.1, 0.15) is 12.8 Å². The molecule has 6 N–H and O–H groups in total. The van der Waals surface area contributed by atoms with Crippen LogP contribution in [0.15, 0.2) is 4.99 Å². The van der Waals surface area contributed by atoms with Crippen molar-refractivity contribution in [2.24, 2.45) is 16.5 Å². The van der Waals surface area contributed by atoms with Crippen molar-refractivity contribution < 1.29 is 14.3 Å². The Labute approximate surface area is 109 Å². The number of ether oxygens (including phenoxy) is 1. The van der Waals surface area contributed by atoms with E-state index in [1.54, 1.807) is 0 Å². The zero-order valence-corrected chi connectivity index (χ0v) is 10.9. The minimum Gasteiger partial charge on any atom is -0.469 e. The molecule has 0 aromatic heterocycles. The number of amidine groups is 1. The third-order valence-corrected chi connectivity index (χ3v) is 2.45. The molecule has 0 unspecified atom stereocenters. The van der Waals surface area contributed by atoms with Crippen LogP contribution >= 0.6 is 11.8 Å². The van der Waals surface area contributed by atoms with Gasteiger partial charge in [0.25, 0.3) is 0 Å².